The smallest absolute Gasteiger partial charge is 0.00921 e. The fourth-order valence-corrected chi connectivity index (χ4v) is 11.8. The Labute approximate surface area is 451 Å². The van der Waals surface area contributed by atoms with Crippen molar-refractivity contribution in [2.24, 2.45) is 0 Å². The molecular weight excluding hydrogens is 913 g/mol. The molecule has 0 bridgehead atoms. The summed E-state index contributed by atoms with van der Waals surface area (Å²) >= 11 is 0. The summed E-state index contributed by atoms with van der Waals surface area (Å²) in [6, 6.07) is 79.2. The molecule has 0 aliphatic rings. The SMILES string of the molecule is CC(C)(C)c1cc(-c2cc3c4ccc(-c5ccc6c(-c7ccccc7)cc7c8ccccc8c(-c8ccccc8)cc7c6c5)cc4c(-c4cc(C(C)(C)C)cc(C(C)(C)C)c4)cc3c3ccccc23)cc(C(C)(C)C)c1. The van der Waals surface area contributed by atoms with Crippen molar-refractivity contribution in [1.82, 2.24) is 0 Å². The Kier molecular flexibility index (Phi) is 11.6. The van der Waals surface area contributed by atoms with Crippen molar-refractivity contribution in [3.8, 4) is 55.6 Å². The molecule has 0 saturated carbocycles. The van der Waals surface area contributed by atoms with Gasteiger partial charge in [-0.05, 0) is 201 Å². The van der Waals surface area contributed by atoms with Crippen LogP contribution >= 0.6 is 0 Å². The summed E-state index contributed by atoms with van der Waals surface area (Å²) in [5.74, 6) is 0. The molecule has 0 atom stereocenters. The summed E-state index contributed by atoms with van der Waals surface area (Å²) in [7, 11) is 0. The average Bonchev–Trinajstić information content (AvgIpc) is 3.54. The summed E-state index contributed by atoms with van der Waals surface area (Å²) in [4.78, 5) is 0. The van der Waals surface area contributed by atoms with Crippen molar-refractivity contribution < 1.29 is 0 Å². The van der Waals surface area contributed by atoms with Gasteiger partial charge < -0.3 is 0 Å². The minimum atomic E-state index is -0.0406. The van der Waals surface area contributed by atoms with E-state index in [1.165, 1.54) is 143 Å². The largest absolute Gasteiger partial charge is 0.0622 e. The van der Waals surface area contributed by atoms with Gasteiger partial charge in [0.15, 0.2) is 0 Å². The van der Waals surface area contributed by atoms with Gasteiger partial charge in [0.25, 0.3) is 0 Å². The molecule has 374 valence electrons. The van der Waals surface area contributed by atoms with Gasteiger partial charge in [0.05, 0.1) is 0 Å². The summed E-state index contributed by atoms with van der Waals surface area (Å²) < 4.78 is 0. The number of benzene rings is 12. The van der Waals surface area contributed by atoms with Crippen LogP contribution in [-0.4, -0.2) is 0 Å². The molecule has 0 heteroatoms. The van der Waals surface area contributed by atoms with Crippen LogP contribution in [0.1, 0.15) is 105 Å². The van der Waals surface area contributed by atoms with Gasteiger partial charge in [-0.15, -0.1) is 0 Å². The lowest BCUT2D eigenvalue weighted by Gasteiger charge is -2.27. The molecule has 76 heavy (non-hydrogen) atoms. The first-order chi connectivity index (χ1) is 36.2. The Hall–Kier alpha value is -7.80. The predicted molar refractivity (Wildman–Crippen MR) is 333 cm³/mol. The molecule has 0 aliphatic carbocycles. The lowest BCUT2D eigenvalue weighted by Crippen LogP contribution is -2.16. The lowest BCUT2D eigenvalue weighted by molar-refractivity contribution is 0.568. The minimum Gasteiger partial charge on any atom is -0.0622 e. The Balaban J connectivity index is 1.18. The van der Waals surface area contributed by atoms with Gasteiger partial charge in [0.2, 0.25) is 0 Å². The zero-order chi connectivity index (χ0) is 53.1. The van der Waals surface area contributed by atoms with E-state index in [9.17, 15) is 0 Å². The second kappa shape index (κ2) is 17.9. The normalized spacial score (nSPS) is 12.7. The molecule has 0 unspecified atom stereocenters. The first-order valence-electron chi connectivity index (χ1n) is 27.5. The predicted octanol–water partition coefficient (Wildman–Crippen LogP) is 22.1. The topological polar surface area (TPSA) is 0 Å². The van der Waals surface area contributed by atoms with Gasteiger partial charge in [-0.3, -0.25) is 0 Å². The van der Waals surface area contributed by atoms with Crippen molar-refractivity contribution in [1.29, 1.82) is 0 Å². The van der Waals surface area contributed by atoms with E-state index in [-0.39, 0.29) is 21.7 Å². The number of fused-ring (bicyclic) bond motifs is 10. The lowest BCUT2D eigenvalue weighted by atomic mass is 9.77. The van der Waals surface area contributed by atoms with Crippen LogP contribution in [-0.2, 0) is 21.7 Å². The van der Waals surface area contributed by atoms with E-state index < -0.39 is 0 Å². The van der Waals surface area contributed by atoms with Crippen molar-refractivity contribution >= 4 is 64.6 Å². The molecule has 0 fully saturated rings. The summed E-state index contributed by atoms with van der Waals surface area (Å²) in [5, 5.41) is 15.2. The summed E-state index contributed by atoms with van der Waals surface area (Å²) in [6.07, 6.45) is 0. The molecular formula is C76H70. The number of rotatable bonds is 5. The Morgan fingerprint density at radius 3 is 0.816 bits per heavy atom. The first-order valence-corrected chi connectivity index (χ1v) is 27.5. The van der Waals surface area contributed by atoms with E-state index in [2.05, 4.69) is 289 Å². The van der Waals surface area contributed by atoms with Crippen molar-refractivity contribution in [2.45, 2.75) is 105 Å². The van der Waals surface area contributed by atoms with E-state index in [0.717, 1.165) is 0 Å². The fourth-order valence-electron chi connectivity index (χ4n) is 11.8. The molecule has 0 amide bonds. The van der Waals surface area contributed by atoms with Gasteiger partial charge in [-0.25, -0.2) is 0 Å². The third-order valence-corrected chi connectivity index (χ3v) is 16.4. The molecule has 0 saturated heterocycles. The van der Waals surface area contributed by atoms with Crippen LogP contribution in [0, 0.1) is 0 Å². The molecule has 0 aromatic heterocycles. The molecule has 12 rings (SSSR count). The Bertz CT molecular complexity index is 4210. The number of hydrogen-bond acceptors (Lipinski definition) is 0. The van der Waals surface area contributed by atoms with Crippen LogP contribution in [0.5, 0.6) is 0 Å². The second-order valence-corrected chi connectivity index (χ2v) is 25.8. The molecule has 0 spiro atoms. The monoisotopic (exact) mass is 983 g/mol. The Morgan fingerprint density at radius 1 is 0.171 bits per heavy atom. The van der Waals surface area contributed by atoms with Gasteiger partial charge >= 0.3 is 0 Å². The standard InChI is InChI=1S/C76H70/c1-73(2,3)53-35-51(36-54(41-53)74(4,5)6)65-45-71-62-34-32-49(39-67(62)66(46-69(71)60-30-22-20-28-58(60)65)52-37-55(75(7,8)9)42-56(38-52)76(10,11)12)50-31-33-61-64(48-25-17-14-18-26-48)43-70-59-29-21-19-27-57(59)63(44-72(70)68(61)40-50)47-23-15-13-16-24-47/h13-46H,1-12H3. The molecule has 12 aromatic carbocycles. The Morgan fingerprint density at radius 2 is 0.434 bits per heavy atom. The van der Waals surface area contributed by atoms with E-state index >= 15 is 0 Å². The van der Waals surface area contributed by atoms with Crippen LogP contribution in [0.3, 0.4) is 0 Å². The van der Waals surface area contributed by atoms with Gasteiger partial charge in [0.1, 0.15) is 0 Å². The van der Waals surface area contributed by atoms with Gasteiger partial charge in [0, 0.05) is 0 Å². The van der Waals surface area contributed by atoms with Crippen LogP contribution in [0.2, 0.25) is 0 Å². The van der Waals surface area contributed by atoms with E-state index in [1.54, 1.807) is 0 Å². The average molecular weight is 983 g/mol. The van der Waals surface area contributed by atoms with E-state index in [1.807, 2.05) is 0 Å². The van der Waals surface area contributed by atoms with E-state index in [4.69, 9.17) is 0 Å². The maximum Gasteiger partial charge on any atom is -0.00921 e. The molecule has 0 aliphatic heterocycles. The zero-order valence-corrected chi connectivity index (χ0v) is 46.6. The molecule has 0 nitrogen and oxygen atoms in total. The highest BCUT2D eigenvalue weighted by atomic mass is 14.3. The highest BCUT2D eigenvalue weighted by Crippen LogP contribution is 2.48. The quantitative estimate of drug-likeness (QED) is 0.151. The van der Waals surface area contributed by atoms with Crippen molar-refractivity contribution in [3.05, 3.63) is 229 Å². The van der Waals surface area contributed by atoms with Gasteiger partial charge in [-0.2, -0.15) is 0 Å². The summed E-state index contributed by atoms with van der Waals surface area (Å²) in [5.41, 5.74) is 17.8. The fraction of sp³-hybridized carbons (Fsp3) is 0.211. The van der Waals surface area contributed by atoms with Crippen LogP contribution in [0.4, 0.5) is 0 Å². The van der Waals surface area contributed by atoms with E-state index in [0.29, 0.717) is 0 Å². The molecule has 0 N–H and O–H groups in total. The zero-order valence-electron chi connectivity index (χ0n) is 46.6. The van der Waals surface area contributed by atoms with Crippen LogP contribution in [0.15, 0.2) is 206 Å². The molecule has 0 radical (unpaired) electrons. The first kappa shape index (κ1) is 49.1. The third kappa shape index (κ3) is 8.67. The highest BCUT2D eigenvalue weighted by Gasteiger charge is 2.26. The van der Waals surface area contributed by atoms with Gasteiger partial charge in [-0.1, -0.05) is 253 Å². The van der Waals surface area contributed by atoms with Crippen molar-refractivity contribution in [2.75, 3.05) is 0 Å². The summed E-state index contributed by atoms with van der Waals surface area (Å²) in [6.45, 7) is 28.1. The molecule has 12 aromatic rings. The number of hydrogen-bond donors (Lipinski definition) is 0. The minimum absolute atomic E-state index is 0.00962. The van der Waals surface area contributed by atoms with Crippen molar-refractivity contribution in [3.63, 3.8) is 0 Å². The van der Waals surface area contributed by atoms with Crippen LogP contribution < -0.4 is 0 Å². The van der Waals surface area contributed by atoms with Crippen LogP contribution in [0.25, 0.3) is 120 Å². The highest BCUT2D eigenvalue weighted by molar-refractivity contribution is 6.26. The second-order valence-electron chi connectivity index (χ2n) is 25.8. The maximum atomic E-state index is 2.53. The molecule has 0 heterocycles. The third-order valence-electron chi connectivity index (χ3n) is 16.4. The maximum absolute atomic E-state index is 2.53.